The number of alkyl carbamates (subject to hydrolysis) is 1. The van der Waals surface area contributed by atoms with Crippen molar-refractivity contribution in [2.45, 2.75) is 44.8 Å². The summed E-state index contributed by atoms with van der Waals surface area (Å²) >= 11 is 4.22. The van der Waals surface area contributed by atoms with Crippen molar-refractivity contribution < 1.29 is 29.0 Å². The summed E-state index contributed by atoms with van der Waals surface area (Å²) in [6.07, 6.45) is -1.46. The number of rotatable bonds is 6. The highest BCUT2D eigenvalue weighted by atomic mass is 127. The number of nitrogens with one attached hydrogen (secondary N) is 1. The number of carbonyl (C=O) groups is 3. The second-order valence-corrected chi connectivity index (χ2v) is 12.5. The van der Waals surface area contributed by atoms with Gasteiger partial charge in [-0.15, -0.1) is 0 Å². The lowest BCUT2D eigenvalue weighted by molar-refractivity contribution is -0.158. The average molecular weight is 775 g/mol. The fraction of sp³-hybridized carbons (Fsp3) is 0.296. The number of carboxylic acids is 1. The van der Waals surface area contributed by atoms with Gasteiger partial charge in [0.05, 0.1) is 6.42 Å². The van der Waals surface area contributed by atoms with Crippen molar-refractivity contribution in [2.75, 3.05) is 6.61 Å². The number of hydrogen-bond donors (Lipinski definition) is 2. The highest BCUT2D eigenvalue weighted by molar-refractivity contribution is 14.2. The number of amides is 1. The van der Waals surface area contributed by atoms with E-state index in [1.807, 2.05) is 36.4 Å². The van der Waals surface area contributed by atoms with Crippen LogP contribution in [-0.4, -0.2) is 41.4 Å². The van der Waals surface area contributed by atoms with Crippen LogP contribution in [0, 0.1) is 22.3 Å². The molecule has 0 heterocycles. The summed E-state index contributed by atoms with van der Waals surface area (Å²) in [7, 11) is 2.78. The summed E-state index contributed by atoms with van der Waals surface area (Å²) in [5.41, 5.74) is 4.82. The molecule has 0 unspecified atom stereocenters. The van der Waals surface area contributed by atoms with Gasteiger partial charge in [0.2, 0.25) is 0 Å². The lowest BCUT2D eigenvalue weighted by atomic mass is 9.96. The lowest BCUT2D eigenvalue weighted by Gasteiger charge is -2.21. The molecule has 2 aromatic rings. The lowest BCUT2D eigenvalue weighted by Crippen LogP contribution is -2.43. The molecule has 1 amide bonds. The molecular formula is C27H23I2NO6S2. The minimum Gasteiger partial charge on any atom is -0.480 e. The first kappa shape index (κ1) is 30.5. The highest BCUT2D eigenvalue weighted by Gasteiger charge is 2.32. The number of carboxylic acid groups (broad SMARTS) is 1. The number of esters is 1. The molecule has 0 saturated carbocycles. The van der Waals surface area contributed by atoms with Crippen molar-refractivity contribution in [2.24, 2.45) is 0 Å². The molecule has 7 nitrogen and oxygen atoms in total. The van der Waals surface area contributed by atoms with Gasteiger partial charge in [-0.1, -0.05) is 24.0 Å². The molecule has 0 aliphatic heterocycles. The molecule has 11 heteroatoms. The predicted molar refractivity (Wildman–Crippen MR) is 167 cm³/mol. The Morgan fingerprint density at radius 3 is 1.97 bits per heavy atom. The Bertz CT molecular complexity index is 1300. The topological polar surface area (TPSA) is 102 Å². The molecule has 3 rings (SSSR count). The summed E-state index contributed by atoms with van der Waals surface area (Å²) in [6, 6.07) is 10.4. The number of halogens is 2. The van der Waals surface area contributed by atoms with E-state index in [4.69, 9.17) is 9.47 Å². The first-order chi connectivity index (χ1) is 18.0. The van der Waals surface area contributed by atoms with Crippen LogP contribution in [0.2, 0.25) is 0 Å². The van der Waals surface area contributed by atoms with Crippen LogP contribution in [0.3, 0.4) is 0 Å². The maximum atomic E-state index is 12.6. The zero-order chi connectivity index (χ0) is 27.9. The van der Waals surface area contributed by atoms with E-state index in [1.165, 1.54) is 17.9 Å². The quantitative estimate of drug-likeness (QED) is 0.195. The Kier molecular flexibility index (Phi) is 11.1. The van der Waals surface area contributed by atoms with E-state index in [1.54, 1.807) is 20.8 Å². The van der Waals surface area contributed by atoms with Crippen LogP contribution >= 0.6 is 60.3 Å². The Hall–Kier alpha value is -2.07. The molecule has 38 heavy (non-hydrogen) atoms. The van der Waals surface area contributed by atoms with Crippen molar-refractivity contribution in [3.05, 3.63) is 58.7 Å². The molecule has 2 aromatic carbocycles. The number of benzene rings is 2. The second-order valence-electron chi connectivity index (χ2n) is 9.19. The Balaban J connectivity index is 1.82. The summed E-state index contributed by atoms with van der Waals surface area (Å²) in [5.74, 6) is 3.79. The molecule has 1 atom stereocenters. The van der Waals surface area contributed by atoms with Crippen molar-refractivity contribution in [1.29, 1.82) is 0 Å². The zero-order valence-electron chi connectivity index (χ0n) is 20.6. The molecule has 0 saturated heterocycles. The van der Waals surface area contributed by atoms with Crippen LogP contribution in [0.5, 0.6) is 0 Å². The van der Waals surface area contributed by atoms with Gasteiger partial charge in [-0.2, -0.15) is 0 Å². The Morgan fingerprint density at radius 1 is 1.00 bits per heavy atom. The maximum Gasteiger partial charge on any atom is 0.407 e. The first-order valence-corrected chi connectivity index (χ1v) is 18.0. The van der Waals surface area contributed by atoms with E-state index in [-0.39, 0.29) is 12.5 Å². The largest absolute Gasteiger partial charge is 0.480 e. The third kappa shape index (κ3) is 8.46. The standard InChI is InChI=1S/C27H23I2NO6S2/c1-27(2,3)36-24(31)14-23(25(32)33)30-26(34)35-15-22-20-12-16(8-10-37-28)4-6-18(20)19-7-5-17(9-11-38-29)13-21(19)22/h4-7,12-13,22-23H,14-15H2,1-3H3,(H,30,34)(H,32,33)/t23-/m0/s1. The van der Waals surface area contributed by atoms with Crippen molar-refractivity contribution in [3.8, 4) is 33.5 Å². The molecule has 2 N–H and O–H groups in total. The molecule has 0 aromatic heterocycles. The molecular weight excluding hydrogens is 752 g/mol. The van der Waals surface area contributed by atoms with E-state index in [2.05, 4.69) is 70.1 Å². The van der Waals surface area contributed by atoms with E-state index >= 15 is 0 Å². The Morgan fingerprint density at radius 2 is 1.53 bits per heavy atom. The molecule has 0 radical (unpaired) electrons. The Labute approximate surface area is 254 Å². The number of fused-ring (bicyclic) bond motifs is 3. The third-order valence-electron chi connectivity index (χ3n) is 5.37. The molecule has 0 bridgehead atoms. The zero-order valence-corrected chi connectivity index (χ0v) is 26.5. The number of ether oxygens (including phenoxy) is 2. The smallest absolute Gasteiger partial charge is 0.407 e. The van der Waals surface area contributed by atoms with Gasteiger partial charge >= 0.3 is 18.0 Å². The van der Waals surface area contributed by atoms with Crippen LogP contribution in [0.25, 0.3) is 11.1 Å². The van der Waals surface area contributed by atoms with Crippen LogP contribution in [0.1, 0.15) is 55.4 Å². The summed E-state index contributed by atoms with van der Waals surface area (Å²) in [5, 5.41) is 17.7. The van der Waals surface area contributed by atoms with Crippen LogP contribution in [0.15, 0.2) is 36.4 Å². The van der Waals surface area contributed by atoms with Gasteiger partial charge in [0.25, 0.3) is 0 Å². The number of aliphatic carboxylic acids is 1. The number of carbonyl (C=O) groups excluding carboxylic acids is 2. The number of hydrogen-bond acceptors (Lipinski definition) is 7. The van der Waals surface area contributed by atoms with Gasteiger partial charge in [-0.25, -0.2) is 9.59 Å². The normalized spacial score (nSPS) is 12.6. The minimum atomic E-state index is -1.49. The summed E-state index contributed by atoms with van der Waals surface area (Å²) < 4.78 is 10.7. The SMILES string of the molecule is CC(C)(C)OC(=O)C[C@H](NC(=O)OCC1c2cc(C#CSI)ccc2-c2ccc(C#CSI)cc21)C(=O)O. The monoisotopic (exact) mass is 775 g/mol. The van der Waals surface area contributed by atoms with E-state index in [0.29, 0.717) is 0 Å². The third-order valence-corrected chi connectivity index (χ3v) is 7.05. The van der Waals surface area contributed by atoms with Gasteiger partial charge in [-0.3, -0.25) is 4.79 Å². The van der Waals surface area contributed by atoms with E-state index in [9.17, 15) is 19.5 Å². The van der Waals surface area contributed by atoms with Crippen molar-refractivity contribution >= 4 is 78.3 Å². The second kappa shape index (κ2) is 13.8. The maximum absolute atomic E-state index is 12.6. The average Bonchev–Trinajstić information content (AvgIpc) is 3.15. The van der Waals surface area contributed by atoms with Gasteiger partial charge in [0.1, 0.15) is 18.2 Å². The first-order valence-electron chi connectivity index (χ1n) is 11.3. The highest BCUT2D eigenvalue weighted by Crippen LogP contribution is 2.45. The molecule has 198 valence electrons. The van der Waals surface area contributed by atoms with E-state index < -0.39 is 36.1 Å². The van der Waals surface area contributed by atoms with Gasteiger partial charge in [-0.05, 0) is 95.7 Å². The van der Waals surface area contributed by atoms with Crippen LogP contribution in [-0.2, 0) is 19.1 Å². The van der Waals surface area contributed by atoms with Crippen LogP contribution < -0.4 is 5.32 Å². The van der Waals surface area contributed by atoms with Crippen LogP contribution in [0.4, 0.5) is 4.79 Å². The predicted octanol–water partition coefficient (Wildman–Crippen LogP) is 6.49. The van der Waals surface area contributed by atoms with E-state index in [0.717, 1.165) is 33.4 Å². The minimum absolute atomic E-state index is 0.0412. The fourth-order valence-corrected chi connectivity index (χ4v) is 4.92. The van der Waals surface area contributed by atoms with Gasteiger partial charge in [0.15, 0.2) is 0 Å². The van der Waals surface area contributed by atoms with Crippen molar-refractivity contribution in [1.82, 2.24) is 5.32 Å². The summed E-state index contributed by atoms with van der Waals surface area (Å²) in [4.78, 5) is 36.4. The fourth-order valence-electron chi connectivity index (χ4n) is 3.94. The van der Waals surface area contributed by atoms with Crippen molar-refractivity contribution in [3.63, 3.8) is 0 Å². The molecule has 1 aliphatic rings. The summed E-state index contributed by atoms with van der Waals surface area (Å²) in [6.45, 7) is 4.99. The van der Waals surface area contributed by atoms with Gasteiger partial charge in [0, 0.05) is 59.5 Å². The molecule has 0 spiro atoms. The molecule has 1 aliphatic carbocycles. The molecule has 0 fully saturated rings. The van der Waals surface area contributed by atoms with Gasteiger partial charge < -0.3 is 19.9 Å².